The van der Waals surface area contributed by atoms with E-state index < -0.39 is 35.9 Å². The molecule has 28 heavy (non-hydrogen) atoms. The van der Waals surface area contributed by atoms with Crippen LogP contribution in [0.5, 0.6) is 0 Å². The molecule has 8 nitrogen and oxygen atoms in total. The number of urea groups is 1. The highest BCUT2D eigenvalue weighted by molar-refractivity contribution is 7.17. The average Bonchev–Trinajstić information content (AvgIpc) is 2.98. The maximum Gasteiger partial charge on any atom is 0.341 e. The number of fused-ring (bicyclic) bond motifs is 1. The maximum atomic E-state index is 12.6. The van der Waals surface area contributed by atoms with Gasteiger partial charge in [-0.3, -0.25) is 14.5 Å². The van der Waals surface area contributed by atoms with Gasteiger partial charge in [-0.15, -0.1) is 11.3 Å². The van der Waals surface area contributed by atoms with Crippen LogP contribution in [0.2, 0.25) is 0 Å². The molecule has 2 heterocycles. The zero-order valence-corrected chi connectivity index (χ0v) is 17.2. The summed E-state index contributed by atoms with van der Waals surface area (Å²) in [7, 11) is 1.31. The Morgan fingerprint density at radius 1 is 1.25 bits per heavy atom. The Hall–Kier alpha value is -2.42. The fourth-order valence-electron chi connectivity index (χ4n) is 3.59. The van der Waals surface area contributed by atoms with E-state index in [1.54, 1.807) is 13.8 Å². The Morgan fingerprint density at radius 3 is 2.61 bits per heavy atom. The lowest BCUT2D eigenvalue weighted by atomic mass is 9.99. The van der Waals surface area contributed by atoms with Crippen molar-refractivity contribution >= 4 is 40.2 Å². The Labute approximate surface area is 167 Å². The zero-order valence-electron chi connectivity index (χ0n) is 16.3. The van der Waals surface area contributed by atoms with Crippen molar-refractivity contribution < 1.29 is 23.9 Å². The molecule has 0 spiro atoms. The first-order valence-corrected chi connectivity index (χ1v) is 10.3. The molecule has 1 saturated heterocycles. The number of carbonyl (C=O) groups excluding carboxylic acids is 4. The molecular formula is C19H25N3O5S. The van der Waals surface area contributed by atoms with Crippen molar-refractivity contribution in [3.05, 3.63) is 16.0 Å². The van der Waals surface area contributed by atoms with Gasteiger partial charge in [0.25, 0.3) is 5.91 Å². The molecule has 9 heteroatoms. The number of nitrogens with zero attached hydrogens (tertiary/aromatic N) is 1. The second kappa shape index (κ2) is 7.90. The monoisotopic (exact) mass is 407 g/mol. The highest BCUT2D eigenvalue weighted by atomic mass is 32.1. The molecule has 0 unspecified atom stereocenters. The molecule has 0 radical (unpaired) electrons. The predicted octanol–water partition coefficient (Wildman–Crippen LogP) is 2.46. The molecule has 4 amide bonds. The van der Waals surface area contributed by atoms with Crippen LogP contribution in [0.3, 0.4) is 0 Å². The van der Waals surface area contributed by atoms with Gasteiger partial charge in [0.1, 0.15) is 17.1 Å². The molecule has 3 rings (SSSR count). The van der Waals surface area contributed by atoms with Crippen molar-refractivity contribution in [3.8, 4) is 0 Å². The van der Waals surface area contributed by atoms with E-state index in [1.807, 2.05) is 0 Å². The summed E-state index contributed by atoms with van der Waals surface area (Å²) in [5.74, 6) is -1.43. The minimum Gasteiger partial charge on any atom is -0.465 e. The smallest absolute Gasteiger partial charge is 0.341 e. The summed E-state index contributed by atoms with van der Waals surface area (Å²) in [6, 6.07) is -0.584. The van der Waals surface area contributed by atoms with E-state index in [4.69, 9.17) is 4.74 Å². The lowest BCUT2D eigenvalue weighted by molar-refractivity contribution is -0.133. The number of imide groups is 1. The van der Waals surface area contributed by atoms with Crippen LogP contribution in [0.25, 0.3) is 0 Å². The number of nitrogens with one attached hydrogen (secondary N) is 2. The van der Waals surface area contributed by atoms with Gasteiger partial charge < -0.3 is 15.4 Å². The number of hydrogen-bond acceptors (Lipinski definition) is 6. The molecule has 1 aliphatic carbocycles. The molecule has 152 valence electrons. The van der Waals surface area contributed by atoms with Crippen molar-refractivity contribution in [3.63, 3.8) is 0 Å². The standard InChI is InChI=1S/C19H25N3O5S/c1-4-19(2)17(25)22(18(26)21-19)10-13(23)20-15-14(16(24)27-3)11-8-6-5-7-9-12(11)28-15/h4-10H2,1-3H3,(H,20,23)(H,21,26)/t19-/m0/s1. The van der Waals surface area contributed by atoms with Gasteiger partial charge in [0.05, 0.1) is 12.7 Å². The SMILES string of the molecule is CC[C@]1(C)NC(=O)N(CC(=O)Nc2sc3c(c2C(=O)OC)CCCCC3)C1=O. The number of rotatable bonds is 5. The van der Waals surface area contributed by atoms with Crippen molar-refractivity contribution in [2.75, 3.05) is 19.0 Å². The molecule has 1 atom stereocenters. The van der Waals surface area contributed by atoms with Crippen LogP contribution in [0.1, 0.15) is 60.3 Å². The second-order valence-corrected chi connectivity index (χ2v) is 8.42. The molecule has 2 N–H and O–H groups in total. The van der Waals surface area contributed by atoms with Crippen molar-refractivity contribution in [2.45, 2.75) is 57.9 Å². The molecule has 0 bridgehead atoms. The predicted molar refractivity (Wildman–Crippen MR) is 104 cm³/mol. The van der Waals surface area contributed by atoms with E-state index in [0.717, 1.165) is 47.4 Å². The zero-order chi connectivity index (χ0) is 20.5. The summed E-state index contributed by atoms with van der Waals surface area (Å²) >= 11 is 1.37. The first-order valence-electron chi connectivity index (χ1n) is 9.47. The Balaban J connectivity index is 1.80. The van der Waals surface area contributed by atoms with Crippen LogP contribution in [0.15, 0.2) is 0 Å². The number of hydrogen-bond donors (Lipinski definition) is 2. The molecule has 1 aliphatic heterocycles. The highest BCUT2D eigenvalue weighted by Gasteiger charge is 2.47. The fourth-order valence-corrected chi connectivity index (χ4v) is 4.88. The molecule has 0 saturated carbocycles. The first-order chi connectivity index (χ1) is 13.3. The number of methoxy groups -OCH3 is 1. The summed E-state index contributed by atoms with van der Waals surface area (Å²) in [5, 5.41) is 5.77. The second-order valence-electron chi connectivity index (χ2n) is 7.32. The third-order valence-electron chi connectivity index (χ3n) is 5.42. The maximum absolute atomic E-state index is 12.6. The van der Waals surface area contributed by atoms with Crippen LogP contribution in [-0.4, -0.2) is 47.9 Å². The molecular weight excluding hydrogens is 382 g/mol. The van der Waals surface area contributed by atoms with Gasteiger partial charge >= 0.3 is 12.0 Å². The Kier molecular flexibility index (Phi) is 5.74. The summed E-state index contributed by atoms with van der Waals surface area (Å²) < 4.78 is 4.92. The van der Waals surface area contributed by atoms with Crippen molar-refractivity contribution in [1.82, 2.24) is 10.2 Å². The minimum absolute atomic E-state index is 0.397. The van der Waals surface area contributed by atoms with Gasteiger partial charge in [-0.05, 0) is 44.6 Å². The topological polar surface area (TPSA) is 105 Å². The summed E-state index contributed by atoms with van der Waals surface area (Å²) in [6.07, 6.45) is 5.19. The summed E-state index contributed by atoms with van der Waals surface area (Å²) in [4.78, 5) is 51.5. The fraction of sp³-hybridized carbons (Fsp3) is 0.579. The number of anilines is 1. The van der Waals surface area contributed by atoms with Gasteiger partial charge in [0, 0.05) is 4.88 Å². The van der Waals surface area contributed by atoms with Crippen LogP contribution >= 0.6 is 11.3 Å². The van der Waals surface area contributed by atoms with E-state index in [2.05, 4.69) is 10.6 Å². The minimum atomic E-state index is -0.991. The lowest BCUT2D eigenvalue weighted by Gasteiger charge is -2.19. The van der Waals surface area contributed by atoms with E-state index in [0.29, 0.717) is 17.0 Å². The largest absolute Gasteiger partial charge is 0.465 e. The number of carbonyl (C=O) groups is 4. The summed E-state index contributed by atoms with van der Waals surface area (Å²) in [6.45, 7) is 3.03. The summed E-state index contributed by atoms with van der Waals surface area (Å²) in [5.41, 5.74) is 0.348. The average molecular weight is 407 g/mol. The van der Waals surface area contributed by atoms with E-state index >= 15 is 0 Å². The van der Waals surface area contributed by atoms with Gasteiger partial charge in [0.15, 0.2) is 0 Å². The number of esters is 1. The third-order valence-corrected chi connectivity index (χ3v) is 6.62. The van der Waals surface area contributed by atoms with Gasteiger partial charge in [-0.2, -0.15) is 0 Å². The molecule has 1 aromatic heterocycles. The molecule has 2 aliphatic rings. The number of amides is 4. The van der Waals surface area contributed by atoms with Gasteiger partial charge in [0.2, 0.25) is 5.91 Å². The van der Waals surface area contributed by atoms with Crippen LogP contribution < -0.4 is 10.6 Å². The van der Waals surface area contributed by atoms with Gasteiger partial charge in [-0.25, -0.2) is 9.59 Å². The normalized spacial score (nSPS) is 21.8. The van der Waals surface area contributed by atoms with Gasteiger partial charge in [-0.1, -0.05) is 13.3 Å². The van der Waals surface area contributed by atoms with Crippen LogP contribution in [-0.2, 0) is 27.2 Å². The lowest BCUT2D eigenvalue weighted by Crippen LogP contribution is -2.44. The Bertz CT molecular complexity index is 834. The molecule has 0 aromatic carbocycles. The molecule has 1 aromatic rings. The number of ether oxygens (including phenoxy) is 1. The van der Waals surface area contributed by atoms with E-state index in [1.165, 1.54) is 18.4 Å². The first kappa shape index (κ1) is 20.3. The van der Waals surface area contributed by atoms with Crippen LogP contribution in [0.4, 0.5) is 9.80 Å². The van der Waals surface area contributed by atoms with E-state index in [9.17, 15) is 19.2 Å². The van der Waals surface area contributed by atoms with Crippen molar-refractivity contribution in [2.24, 2.45) is 0 Å². The number of aryl methyl sites for hydroxylation is 1. The highest BCUT2D eigenvalue weighted by Crippen LogP contribution is 2.38. The molecule has 1 fully saturated rings. The third kappa shape index (κ3) is 3.63. The van der Waals surface area contributed by atoms with E-state index in [-0.39, 0.29) is 0 Å². The Morgan fingerprint density at radius 2 is 1.96 bits per heavy atom. The number of thiophene rings is 1. The van der Waals surface area contributed by atoms with Crippen molar-refractivity contribution in [1.29, 1.82) is 0 Å². The van der Waals surface area contributed by atoms with Crippen LogP contribution in [0, 0.1) is 0 Å². The quantitative estimate of drug-likeness (QED) is 0.443.